The van der Waals surface area contributed by atoms with Crippen molar-refractivity contribution in [3.63, 3.8) is 0 Å². The van der Waals surface area contributed by atoms with E-state index in [9.17, 15) is 4.79 Å². The van der Waals surface area contributed by atoms with Gasteiger partial charge in [0, 0.05) is 6.42 Å². The van der Waals surface area contributed by atoms with E-state index in [0.29, 0.717) is 6.29 Å². The molecular formula is C6H13NO5. The van der Waals surface area contributed by atoms with Gasteiger partial charge in [0.25, 0.3) is 0 Å². The summed E-state index contributed by atoms with van der Waals surface area (Å²) in [6.07, 6.45) is -3.31. The Kier molecular flexibility index (Phi) is 5.77. The van der Waals surface area contributed by atoms with Crippen molar-refractivity contribution in [2.45, 2.75) is 24.7 Å². The van der Waals surface area contributed by atoms with Gasteiger partial charge in [-0.2, -0.15) is 0 Å². The second-order valence-electron chi connectivity index (χ2n) is 2.32. The van der Waals surface area contributed by atoms with E-state index in [0.717, 1.165) is 0 Å². The molecule has 0 aromatic heterocycles. The molecule has 0 aliphatic heterocycles. The van der Waals surface area contributed by atoms with E-state index in [1.54, 1.807) is 0 Å². The fraction of sp³-hybridized carbons (Fsp3) is 0.833. The van der Waals surface area contributed by atoms with Gasteiger partial charge in [0.1, 0.15) is 24.6 Å². The van der Waals surface area contributed by atoms with E-state index in [4.69, 9.17) is 21.2 Å². The first-order valence-electron chi connectivity index (χ1n) is 3.43. The summed E-state index contributed by atoms with van der Waals surface area (Å²) in [7, 11) is 0. The lowest BCUT2D eigenvalue weighted by Gasteiger charge is -2.21. The number of aldehydes is 1. The van der Waals surface area contributed by atoms with Gasteiger partial charge in [0.2, 0.25) is 0 Å². The van der Waals surface area contributed by atoms with Gasteiger partial charge in [-0.25, -0.2) is 5.90 Å². The third-order valence-electron chi connectivity index (χ3n) is 1.47. The minimum atomic E-state index is -1.36. The Bertz CT molecular complexity index is 131. The van der Waals surface area contributed by atoms with Crippen LogP contribution in [-0.4, -0.2) is 46.5 Å². The van der Waals surface area contributed by atoms with Gasteiger partial charge in [0.15, 0.2) is 0 Å². The normalized spacial score (nSPS) is 18.3. The van der Waals surface area contributed by atoms with Gasteiger partial charge in [-0.05, 0) is 0 Å². The van der Waals surface area contributed by atoms with Crippen molar-refractivity contribution in [2.75, 3.05) is 6.61 Å². The van der Waals surface area contributed by atoms with Crippen molar-refractivity contribution in [3.05, 3.63) is 0 Å². The van der Waals surface area contributed by atoms with Crippen LogP contribution in [-0.2, 0) is 9.63 Å². The van der Waals surface area contributed by atoms with Crippen molar-refractivity contribution in [1.82, 2.24) is 0 Å². The van der Waals surface area contributed by atoms with Crippen molar-refractivity contribution in [2.24, 2.45) is 5.90 Å². The highest BCUT2D eigenvalue weighted by molar-refractivity contribution is 5.50. The van der Waals surface area contributed by atoms with Gasteiger partial charge >= 0.3 is 0 Å². The zero-order valence-corrected chi connectivity index (χ0v) is 6.46. The minimum absolute atomic E-state index is 0.130. The van der Waals surface area contributed by atoms with Crippen LogP contribution in [0.2, 0.25) is 0 Å². The first kappa shape index (κ1) is 11.5. The lowest BCUT2D eigenvalue weighted by Crippen LogP contribution is -2.42. The molecule has 0 heterocycles. The second kappa shape index (κ2) is 6.04. The molecule has 0 rings (SSSR count). The van der Waals surface area contributed by atoms with Crippen LogP contribution in [0, 0.1) is 0 Å². The van der Waals surface area contributed by atoms with E-state index in [2.05, 4.69) is 4.84 Å². The average molecular weight is 179 g/mol. The van der Waals surface area contributed by atoms with Gasteiger partial charge in [-0.1, -0.05) is 0 Å². The fourth-order valence-corrected chi connectivity index (χ4v) is 0.726. The molecule has 0 aromatic rings. The number of carbonyl (C=O) groups excluding carboxylic acids is 1. The standard InChI is InChI=1S/C6H13NO5/c7-12-5(1-2-8)6(11)4(10)3-9/h2,4-6,9-11H,1,3,7H2/t4-,5-,6+/m1/s1. The maximum atomic E-state index is 10.00. The molecule has 5 N–H and O–H groups in total. The summed E-state index contributed by atoms with van der Waals surface area (Å²) in [6.45, 7) is -0.611. The molecule has 0 spiro atoms. The molecular weight excluding hydrogens is 166 g/mol. The molecule has 0 radical (unpaired) electrons. The monoisotopic (exact) mass is 179 g/mol. The highest BCUT2D eigenvalue weighted by Gasteiger charge is 2.25. The Morgan fingerprint density at radius 2 is 2.08 bits per heavy atom. The molecule has 0 aromatic carbocycles. The van der Waals surface area contributed by atoms with Crippen molar-refractivity contribution >= 4 is 6.29 Å². The molecule has 0 amide bonds. The van der Waals surface area contributed by atoms with Gasteiger partial charge in [-0.15, -0.1) is 0 Å². The van der Waals surface area contributed by atoms with Crippen LogP contribution >= 0.6 is 0 Å². The van der Waals surface area contributed by atoms with Crippen LogP contribution in [0.5, 0.6) is 0 Å². The Balaban J connectivity index is 3.99. The summed E-state index contributed by atoms with van der Waals surface area (Å²) >= 11 is 0. The molecule has 6 heteroatoms. The Morgan fingerprint density at radius 1 is 1.50 bits per heavy atom. The number of hydrogen-bond acceptors (Lipinski definition) is 6. The summed E-state index contributed by atoms with van der Waals surface area (Å²) < 4.78 is 0. The van der Waals surface area contributed by atoms with E-state index < -0.39 is 24.9 Å². The fourth-order valence-electron chi connectivity index (χ4n) is 0.726. The first-order chi connectivity index (χ1) is 5.67. The van der Waals surface area contributed by atoms with E-state index in [-0.39, 0.29) is 6.42 Å². The molecule has 0 bridgehead atoms. The van der Waals surface area contributed by atoms with Gasteiger partial charge < -0.3 is 20.1 Å². The SMILES string of the molecule is NO[C@H](CC=O)[C@@H](O)[C@H](O)CO. The van der Waals surface area contributed by atoms with Crippen LogP contribution in [0.15, 0.2) is 0 Å². The van der Waals surface area contributed by atoms with E-state index in [1.165, 1.54) is 0 Å². The highest BCUT2D eigenvalue weighted by Crippen LogP contribution is 2.05. The molecule has 0 unspecified atom stereocenters. The molecule has 0 aliphatic rings. The predicted octanol–water partition coefficient (Wildman–Crippen LogP) is -2.45. The van der Waals surface area contributed by atoms with Crippen LogP contribution in [0.1, 0.15) is 6.42 Å². The third kappa shape index (κ3) is 3.24. The van der Waals surface area contributed by atoms with Gasteiger partial charge in [0.05, 0.1) is 6.61 Å². The first-order valence-corrected chi connectivity index (χ1v) is 3.43. The Morgan fingerprint density at radius 3 is 2.42 bits per heavy atom. The molecule has 0 saturated heterocycles. The van der Waals surface area contributed by atoms with E-state index >= 15 is 0 Å². The maximum Gasteiger partial charge on any atom is 0.122 e. The topological polar surface area (TPSA) is 113 Å². The van der Waals surface area contributed by atoms with Gasteiger partial charge in [-0.3, -0.25) is 4.84 Å². The summed E-state index contributed by atoms with van der Waals surface area (Å²) in [6, 6.07) is 0. The van der Waals surface area contributed by atoms with Crippen molar-refractivity contribution in [1.29, 1.82) is 0 Å². The van der Waals surface area contributed by atoms with Crippen LogP contribution in [0.3, 0.4) is 0 Å². The Hall–Kier alpha value is -0.530. The quantitative estimate of drug-likeness (QED) is 0.266. The summed E-state index contributed by atoms with van der Waals surface area (Å²) in [5.74, 6) is 4.74. The van der Waals surface area contributed by atoms with Crippen molar-refractivity contribution < 1.29 is 25.0 Å². The molecule has 6 nitrogen and oxygen atoms in total. The third-order valence-corrected chi connectivity index (χ3v) is 1.47. The highest BCUT2D eigenvalue weighted by atomic mass is 16.6. The lowest BCUT2D eigenvalue weighted by molar-refractivity contribution is -0.123. The molecule has 3 atom stereocenters. The number of aliphatic hydroxyl groups excluding tert-OH is 3. The smallest absolute Gasteiger partial charge is 0.122 e. The molecule has 12 heavy (non-hydrogen) atoms. The number of carbonyl (C=O) groups is 1. The largest absolute Gasteiger partial charge is 0.394 e. The number of hydrogen-bond donors (Lipinski definition) is 4. The lowest BCUT2D eigenvalue weighted by atomic mass is 10.1. The number of nitrogens with two attached hydrogens (primary N) is 1. The van der Waals surface area contributed by atoms with Crippen LogP contribution in [0.25, 0.3) is 0 Å². The zero-order chi connectivity index (χ0) is 9.56. The maximum absolute atomic E-state index is 10.00. The zero-order valence-electron chi connectivity index (χ0n) is 6.46. The van der Waals surface area contributed by atoms with E-state index in [1.807, 2.05) is 0 Å². The van der Waals surface area contributed by atoms with Crippen LogP contribution < -0.4 is 5.90 Å². The Labute approximate surface area is 69.5 Å². The number of rotatable bonds is 6. The second-order valence-corrected chi connectivity index (χ2v) is 2.32. The molecule has 0 fully saturated rings. The summed E-state index contributed by atoms with van der Waals surface area (Å²) in [5, 5.41) is 26.5. The molecule has 0 saturated carbocycles. The minimum Gasteiger partial charge on any atom is -0.394 e. The van der Waals surface area contributed by atoms with Crippen molar-refractivity contribution in [3.8, 4) is 0 Å². The predicted molar refractivity (Wildman–Crippen MR) is 38.8 cm³/mol. The average Bonchev–Trinajstić information content (AvgIpc) is 2.11. The van der Waals surface area contributed by atoms with Crippen LogP contribution in [0.4, 0.5) is 0 Å². The molecule has 72 valence electrons. The summed E-state index contributed by atoms with van der Waals surface area (Å²) in [4.78, 5) is 14.2. The number of aliphatic hydroxyl groups is 3. The summed E-state index contributed by atoms with van der Waals surface area (Å²) in [5.41, 5.74) is 0. The molecule has 0 aliphatic carbocycles.